The Morgan fingerprint density at radius 3 is 2.67 bits per heavy atom. The maximum atomic E-state index is 8.63. The second-order valence-corrected chi connectivity index (χ2v) is 1.71. The summed E-state index contributed by atoms with van der Waals surface area (Å²) < 4.78 is 4.72. The summed E-state index contributed by atoms with van der Waals surface area (Å²) in [5, 5.41) is 17.0. The van der Waals surface area contributed by atoms with Crippen LogP contribution in [0.25, 0.3) is 0 Å². The first kappa shape index (κ1) is 6.16. The van der Waals surface area contributed by atoms with Crippen molar-refractivity contribution < 1.29 is 14.6 Å². The summed E-state index contributed by atoms with van der Waals surface area (Å²) in [6.07, 6.45) is 0.459. The maximum absolute atomic E-state index is 8.63. The van der Waals surface area contributed by atoms with E-state index in [9.17, 15) is 0 Å². The Bertz CT molecular complexity index is 180. The van der Waals surface area contributed by atoms with E-state index in [1.807, 2.05) is 0 Å². The largest absolute Gasteiger partial charge is 0.481 e. The van der Waals surface area contributed by atoms with Gasteiger partial charge in [0, 0.05) is 12.5 Å². The topological polar surface area (TPSA) is 53.6 Å². The van der Waals surface area contributed by atoms with Gasteiger partial charge in [-0.25, -0.2) is 0 Å². The van der Waals surface area contributed by atoms with Crippen molar-refractivity contribution in [2.75, 3.05) is 6.61 Å². The Morgan fingerprint density at radius 2 is 2.22 bits per heavy atom. The Balaban J connectivity index is 2.61. The lowest BCUT2D eigenvalue weighted by atomic mass is 10.3. The summed E-state index contributed by atoms with van der Waals surface area (Å²) in [6, 6.07) is 3.08. The molecule has 0 aliphatic carbocycles. The van der Waals surface area contributed by atoms with Crippen LogP contribution in [-0.4, -0.2) is 16.8 Å². The van der Waals surface area contributed by atoms with Crippen molar-refractivity contribution in [2.24, 2.45) is 0 Å². The standard InChI is InChI=1S/C6H8O3/c7-4-3-5-1-2-6(8)9-5/h1-2,7-8H,3-4H2. The number of rotatable bonds is 2. The molecule has 0 fully saturated rings. The summed E-state index contributed by atoms with van der Waals surface area (Å²) in [4.78, 5) is 0. The van der Waals surface area contributed by atoms with Crippen molar-refractivity contribution >= 4 is 0 Å². The average Bonchev–Trinajstić information content (AvgIpc) is 2.17. The molecule has 0 saturated carbocycles. The van der Waals surface area contributed by atoms with Gasteiger partial charge in [-0.05, 0) is 6.07 Å². The molecule has 1 aromatic heterocycles. The molecule has 9 heavy (non-hydrogen) atoms. The molecule has 1 rings (SSSR count). The van der Waals surface area contributed by atoms with Gasteiger partial charge in [-0.3, -0.25) is 0 Å². The molecule has 0 amide bonds. The van der Waals surface area contributed by atoms with E-state index in [0.29, 0.717) is 12.2 Å². The summed E-state index contributed by atoms with van der Waals surface area (Å²) in [6.45, 7) is 0.0486. The van der Waals surface area contributed by atoms with E-state index in [4.69, 9.17) is 14.6 Å². The fraction of sp³-hybridized carbons (Fsp3) is 0.333. The first-order chi connectivity index (χ1) is 4.33. The lowest BCUT2D eigenvalue weighted by Gasteiger charge is -1.86. The Morgan fingerprint density at radius 1 is 1.44 bits per heavy atom. The number of hydrogen-bond donors (Lipinski definition) is 2. The number of hydrogen-bond acceptors (Lipinski definition) is 3. The van der Waals surface area contributed by atoms with Crippen LogP contribution in [0.3, 0.4) is 0 Å². The van der Waals surface area contributed by atoms with Gasteiger partial charge in [0.2, 0.25) is 0 Å². The summed E-state index contributed by atoms with van der Waals surface area (Å²) in [5.74, 6) is 0.508. The third kappa shape index (κ3) is 1.47. The molecular weight excluding hydrogens is 120 g/mol. The van der Waals surface area contributed by atoms with Crippen molar-refractivity contribution in [2.45, 2.75) is 6.42 Å². The van der Waals surface area contributed by atoms with Crippen LogP contribution in [0.1, 0.15) is 5.76 Å². The highest BCUT2D eigenvalue weighted by atomic mass is 16.5. The molecular formula is C6H8O3. The van der Waals surface area contributed by atoms with Gasteiger partial charge in [0.05, 0.1) is 6.61 Å². The molecule has 0 saturated heterocycles. The van der Waals surface area contributed by atoms with Gasteiger partial charge in [-0.15, -0.1) is 0 Å². The van der Waals surface area contributed by atoms with E-state index in [-0.39, 0.29) is 12.6 Å². The summed E-state index contributed by atoms with van der Waals surface area (Å²) >= 11 is 0. The second-order valence-electron chi connectivity index (χ2n) is 1.71. The molecule has 0 atom stereocenters. The zero-order valence-electron chi connectivity index (χ0n) is 4.87. The molecule has 0 aliphatic heterocycles. The van der Waals surface area contributed by atoms with Crippen molar-refractivity contribution in [3.8, 4) is 5.95 Å². The second kappa shape index (κ2) is 2.55. The molecule has 3 nitrogen and oxygen atoms in total. The van der Waals surface area contributed by atoms with E-state index in [1.165, 1.54) is 6.07 Å². The van der Waals surface area contributed by atoms with E-state index in [2.05, 4.69) is 0 Å². The van der Waals surface area contributed by atoms with E-state index in [1.54, 1.807) is 6.07 Å². The van der Waals surface area contributed by atoms with Crippen LogP contribution in [0.2, 0.25) is 0 Å². The molecule has 1 aromatic rings. The van der Waals surface area contributed by atoms with Gasteiger partial charge in [-0.2, -0.15) is 0 Å². The molecule has 0 aromatic carbocycles. The van der Waals surface area contributed by atoms with Crippen LogP contribution in [0.15, 0.2) is 16.5 Å². The Labute approximate surface area is 52.5 Å². The van der Waals surface area contributed by atoms with Crippen LogP contribution in [0.5, 0.6) is 5.95 Å². The average molecular weight is 128 g/mol. The minimum atomic E-state index is -0.0987. The fourth-order valence-corrected chi connectivity index (χ4v) is 0.611. The van der Waals surface area contributed by atoms with Gasteiger partial charge in [0.25, 0.3) is 5.95 Å². The van der Waals surface area contributed by atoms with Gasteiger partial charge in [0.15, 0.2) is 0 Å². The molecule has 3 heteroatoms. The van der Waals surface area contributed by atoms with Crippen LogP contribution >= 0.6 is 0 Å². The maximum Gasteiger partial charge on any atom is 0.281 e. The molecule has 0 aliphatic rings. The van der Waals surface area contributed by atoms with Crippen LogP contribution < -0.4 is 0 Å². The van der Waals surface area contributed by atoms with Gasteiger partial charge in [0.1, 0.15) is 5.76 Å². The van der Waals surface area contributed by atoms with E-state index < -0.39 is 0 Å². The number of aliphatic hydroxyl groups is 1. The Hall–Kier alpha value is -0.960. The lowest BCUT2D eigenvalue weighted by molar-refractivity contribution is 0.272. The zero-order chi connectivity index (χ0) is 6.69. The predicted octanol–water partition coefficient (Wildman–Crippen LogP) is 0.520. The number of aliphatic hydroxyl groups excluding tert-OH is 1. The third-order valence-electron chi connectivity index (χ3n) is 1.01. The normalized spacial score (nSPS) is 9.89. The molecule has 0 radical (unpaired) electrons. The third-order valence-corrected chi connectivity index (χ3v) is 1.01. The molecule has 0 unspecified atom stereocenters. The van der Waals surface area contributed by atoms with Gasteiger partial charge in [-0.1, -0.05) is 0 Å². The SMILES string of the molecule is OCCc1ccc(O)o1. The monoisotopic (exact) mass is 128 g/mol. The van der Waals surface area contributed by atoms with Crippen molar-refractivity contribution in [1.82, 2.24) is 0 Å². The first-order valence-corrected chi connectivity index (χ1v) is 2.71. The Kier molecular flexibility index (Phi) is 1.75. The van der Waals surface area contributed by atoms with Gasteiger partial charge < -0.3 is 14.6 Å². The molecule has 50 valence electrons. The summed E-state index contributed by atoms with van der Waals surface area (Å²) in [7, 11) is 0. The van der Waals surface area contributed by atoms with Crippen LogP contribution in [0, 0.1) is 0 Å². The van der Waals surface area contributed by atoms with Crippen molar-refractivity contribution in [1.29, 1.82) is 0 Å². The highest BCUT2D eigenvalue weighted by Gasteiger charge is 1.96. The highest BCUT2D eigenvalue weighted by Crippen LogP contribution is 2.13. The lowest BCUT2D eigenvalue weighted by Crippen LogP contribution is -1.85. The molecule has 0 spiro atoms. The highest BCUT2D eigenvalue weighted by molar-refractivity contribution is 5.09. The minimum absolute atomic E-state index is 0.0486. The van der Waals surface area contributed by atoms with E-state index in [0.717, 1.165) is 0 Å². The molecule has 1 heterocycles. The van der Waals surface area contributed by atoms with Crippen molar-refractivity contribution in [3.05, 3.63) is 17.9 Å². The van der Waals surface area contributed by atoms with Crippen molar-refractivity contribution in [3.63, 3.8) is 0 Å². The quantitative estimate of drug-likeness (QED) is 0.610. The van der Waals surface area contributed by atoms with Gasteiger partial charge >= 0.3 is 0 Å². The molecule has 0 bridgehead atoms. The number of aromatic hydroxyl groups is 1. The summed E-state index contributed by atoms with van der Waals surface area (Å²) in [5.41, 5.74) is 0. The smallest absolute Gasteiger partial charge is 0.281 e. The fourth-order valence-electron chi connectivity index (χ4n) is 0.611. The molecule has 2 N–H and O–H groups in total. The van der Waals surface area contributed by atoms with E-state index >= 15 is 0 Å². The number of furan rings is 1. The zero-order valence-corrected chi connectivity index (χ0v) is 4.87. The minimum Gasteiger partial charge on any atom is -0.481 e. The first-order valence-electron chi connectivity index (χ1n) is 2.71. The predicted molar refractivity (Wildman–Crippen MR) is 31.2 cm³/mol. The van der Waals surface area contributed by atoms with Crippen LogP contribution in [0.4, 0.5) is 0 Å². The van der Waals surface area contributed by atoms with Crippen LogP contribution in [-0.2, 0) is 6.42 Å².